The molecule has 1 saturated heterocycles. The SMILES string of the molecule is O=C(NC1CCNCC1)[C@@H](O)c1ccccc1. The molecule has 1 aromatic rings. The minimum Gasteiger partial charge on any atom is -0.378 e. The number of hydrogen-bond acceptors (Lipinski definition) is 3. The van der Waals surface area contributed by atoms with Gasteiger partial charge < -0.3 is 15.7 Å². The molecule has 1 heterocycles. The lowest BCUT2D eigenvalue weighted by molar-refractivity contribution is -0.130. The van der Waals surface area contributed by atoms with E-state index in [1.54, 1.807) is 12.1 Å². The number of amides is 1. The zero-order valence-electron chi connectivity index (χ0n) is 9.73. The molecule has 1 fully saturated rings. The fourth-order valence-electron chi connectivity index (χ4n) is 2.03. The molecular formula is C13H18N2O2. The summed E-state index contributed by atoms with van der Waals surface area (Å²) >= 11 is 0. The second-order valence-corrected chi connectivity index (χ2v) is 4.35. The Morgan fingerprint density at radius 3 is 2.59 bits per heavy atom. The lowest BCUT2D eigenvalue weighted by atomic mass is 10.0. The van der Waals surface area contributed by atoms with Crippen molar-refractivity contribution in [2.45, 2.75) is 25.0 Å². The summed E-state index contributed by atoms with van der Waals surface area (Å²) in [5.41, 5.74) is 0.638. The summed E-state index contributed by atoms with van der Waals surface area (Å²) in [6.07, 6.45) is 0.784. The molecule has 0 bridgehead atoms. The highest BCUT2D eigenvalue weighted by molar-refractivity contribution is 5.82. The summed E-state index contributed by atoms with van der Waals surface area (Å²) in [5, 5.41) is 16.0. The number of carbonyl (C=O) groups is 1. The van der Waals surface area contributed by atoms with Crippen LogP contribution in [-0.4, -0.2) is 30.1 Å². The fourth-order valence-corrected chi connectivity index (χ4v) is 2.03. The molecule has 1 aliphatic rings. The summed E-state index contributed by atoms with van der Waals surface area (Å²) in [6.45, 7) is 1.85. The number of piperidine rings is 1. The number of nitrogens with one attached hydrogen (secondary N) is 2. The van der Waals surface area contributed by atoms with E-state index in [0.29, 0.717) is 5.56 Å². The predicted octanol–water partition coefficient (Wildman–Crippen LogP) is 0.588. The molecule has 92 valence electrons. The molecule has 1 aliphatic heterocycles. The Balaban J connectivity index is 1.91. The van der Waals surface area contributed by atoms with Gasteiger partial charge in [0, 0.05) is 6.04 Å². The molecule has 0 unspecified atom stereocenters. The van der Waals surface area contributed by atoms with Crippen molar-refractivity contribution in [1.29, 1.82) is 0 Å². The number of carbonyl (C=O) groups excluding carboxylic acids is 1. The molecule has 0 saturated carbocycles. The Labute approximate surface area is 101 Å². The van der Waals surface area contributed by atoms with Crippen LogP contribution in [0.3, 0.4) is 0 Å². The maximum atomic E-state index is 11.8. The van der Waals surface area contributed by atoms with Crippen LogP contribution >= 0.6 is 0 Å². The highest BCUT2D eigenvalue weighted by Gasteiger charge is 2.21. The van der Waals surface area contributed by atoms with Gasteiger partial charge in [-0.3, -0.25) is 4.79 Å². The fraction of sp³-hybridized carbons (Fsp3) is 0.462. The van der Waals surface area contributed by atoms with Crippen LogP contribution in [0, 0.1) is 0 Å². The summed E-state index contributed by atoms with van der Waals surface area (Å²) in [5.74, 6) is -0.303. The van der Waals surface area contributed by atoms with Crippen molar-refractivity contribution < 1.29 is 9.90 Å². The van der Waals surface area contributed by atoms with Crippen molar-refractivity contribution in [3.8, 4) is 0 Å². The first-order chi connectivity index (χ1) is 8.27. The number of aliphatic hydroxyl groups is 1. The van der Waals surface area contributed by atoms with Gasteiger partial charge in [-0.15, -0.1) is 0 Å². The molecule has 1 aromatic carbocycles. The molecule has 4 heteroatoms. The average Bonchev–Trinajstić information content (AvgIpc) is 2.40. The standard InChI is InChI=1S/C13H18N2O2/c16-12(10-4-2-1-3-5-10)13(17)15-11-6-8-14-9-7-11/h1-5,11-12,14,16H,6-9H2,(H,15,17)/t12-/m0/s1. The van der Waals surface area contributed by atoms with E-state index in [9.17, 15) is 9.90 Å². The molecule has 4 nitrogen and oxygen atoms in total. The molecule has 0 aliphatic carbocycles. The Morgan fingerprint density at radius 2 is 1.94 bits per heavy atom. The number of rotatable bonds is 3. The van der Waals surface area contributed by atoms with Gasteiger partial charge in [0.25, 0.3) is 5.91 Å². The number of benzene rings is 1. The molecule has 0 aromatic heterocycles. The van der Waals surface area contributed by atoms with Gasteiger partial charge in [0.2, 0.25) is 0 Å². The Bertz CT molecular complexity index is 361. The van der Waals surface area contributed by atoms with Gasteiger partial charge in [-0.2, -0.15) is 0 Å². The first-order valence-corrected chi connectivity index (χ1v) is 6.01. The molecule has 0 spiro atoms. The molecule has 0 radical (unpaired) electrons. The van der Waals surface area contributed by atoms with Gasteiger partial charge in [-0.25, -0.2) is 0 Å². The van der Waals surface area contributed by atoms with Crippen LogP contribution in [0.2, 0.25) is 0 Å². The van der Waals surface area contributed by atoms with Crippen LogP contribution in [-0.2, 0) is 4.79 Å². The molecule has 17 heavy (non-hydrogen) atoms. The summed E-state index contributed by atoms with van der Waals surface area (Å²) in [4.78, 5) is 11.8. The summed E-state index contributed by atoms with van der Waals surface area (Å²) in [6, 6.07) is 9.19. The first kappa shape index (κ1) is 12.1. The van der Waals surface area contributed by atoms with E-state index < -0.39 is 6.10 Å². The van der Waals surface area contributed by atoms with Crippen molar-refractivity contribution in [1.82, 2.24) is 10.6 Å². The van der Waals surface area contributed by atoms with Crippen LogP contribution < -0.4 is 10.6 Å². The zero-order valence-corrected chi connectivity index (χ0v) is 9.73. The van der Waals surface area contributed by atoms with Crippen LogP contribution in [0.15, 0.2) is 30.3 Å². The highest BCUT2D eigenvalue weighted by atomic mass is 16.3. The predicted molar refractivity (Wildman–Crippen MR) is 65.4 cm³/mol. The monoisotopic (exact) mass is 234 g/mol. The molecule has 3 N–H and O–H groups in total. The normalized spacial score (nSPS) is 18.6. The lowest BCUT2D eigenvalue weighted by Gasteiger charge is -2.24. The zero-order chi connectivity index (χ0) is 12.1. The maximum Gasteiger partial charge on any atom is 0.253 e. The topological polar surface area (TPSA) is 61.4 Å². The van der Waals surface area contributed by atoms with E-state index in [1.165, 1.54) is 0 Å². The van der Waals surface area contributed by atoms with E-state index in [0.717, 1.165) is 25.9 Å². The minimum absolute atomic E-state index is 0.183. The van der Waals surface area contributed by atoms with Crippen LogP contribution in [0.4, 0.5) is 0 Å². The number of aliphatic hydroxyl groups excluding tert-OH is 1. The molecule has 2 rings (SSSR count). The third kappa shape index (κ3) is 3.28. The van der Waals surface area contributed by atoms with E-state index in [-0.39, 0.29) is 11.9 Å². The van der Waals surface area contributed by atoms with Gasteiger partial charge in [-0.05, 0) is 31.5 Å². The van der Waals surface area contributed by atoms with Crippen LogP contribution in [0.5, 0.6) is 0 Å². The lowest BCUT2D eigenvalue weighted by Crippen LogP contribution is -2.44. The summed E-state index contributed by atoms with van der Waals surface area (Å²) in [7, 11) is 0. The largest absolute Gasteiger partial charge is 0.378 e. The van der Waals surface area contributed by atoms with Crippen LogP contribution in [0.1, 0.15) is 24.5 Å². The van der Waals surface area contributed by atoms with Crippen molar-refractivity contribution >= 4 is 5.91 Å². The van der Waals surface area contributed by atoms with Gasteiger partial charge in [0.15, 0.2) is 6.10 Å². The van der Waals surface area contributed by atoms with Gasteiger partial charge in [-0.1, -0.05) is 30.3 Å². The van der Waals surface area contributed by atoms with Gasteiger partial charge >= 0.3 is 0 Å². The smallest absolute Gasteiger partial charge is 0.253 e. The van der Waals surface area contributed by atoms with Crippen LogP contribution in [0.25, 0.3) is 0 Å². The van der Waals surface area contributed by atoms with Crippen molar-refractivity contribution in [2.24, 2.45) is 0 Å². The Hall–Kier alpha value is -1.39. The highest BCUT2D eigenvalue weighted by Crippen LogP contribution is 2.13. The molecular weight excluding hydrogens is 216 g/mol. The van der Waals surface area contributed by atoms with Gasteiger partial charge in [0.05, 0.1) is 0 Å². The number of hydrogen-bond donors (Lipinski definition) is 3. The van der Waals surface area contributed by atoms with E-state index in [4.69, 9.17) is 0 Å². The first-order valence-electron chi connectivity index (χ1n) is 6.01. The molecule has 1 atom stereocenters. The van der Waals surface area contributed by atoms with E-state index in [1.807, 2.05) is 18.2 Å². The second kappa shape index (κ2) is 5.80. The third-order valence-electron chi connectivity index (χ3n) is 3.05. The van der Waals surface area contributed by atoms with Crippen molar-refractivity contribution in [3.05, 3.63) is 35.9 Å². The van der Waals surface area contributed by atoms with E-state index >= 15 is 0 Å². The van der Waals surface area contributed by atoms with Gasteiger partial charge in [0.1, 0.15) is 0 Å². The average molecular weight is 234 g/mol. The maximum absolute atomic E-state index is 11.8. The summed E-state index contributed by atoms with van der Waals surface area (Å²) < 4.78 is 0. The van der Waals surface area contributed by atoms with Crippen molar-refractivity contribution in [3.63, 3.8) is 0 Å². The molecule has 1 amide bonds. The minimum atomic E-state index is -1.06. The Morgan fingerprint density at radius 1 is 1.29 bits per heavy atom. The van der Waals surface area contributed by atoms with Crippen molar-refractivity contribution in [2.75, 3.05) is 13.1 Å². The quantitative estimate of drug-likeness (QED) is 0.717. The third-order valence-corrected chi connectivity index (χ3v) is 3.05. The van der Waals surface area contributed by atoms with E-state index in [2.05, 4.69) is 10.6 Å². The Kier molecular flexibility index (Phi) is 4.12. The second-order valence-electron chi connectivity index (χ2n) is 4.35.